The fraction of sp³-hybridized carbons (Fsp3) is 0.474. The molecular formula is C57H81N2OW-3. The number of aryl methyl sites for hydroxylation is 2. The van der Waals surface area contributed by atoms with Gasteiger partial charge in [-0.3, -0.25) is 0 Å². The zero-order valence-corrected chi connectivity index (χ0v) is 44.4. The quantitative estimate of drug-likeness (QED) is 0.134. The zero-order valence-electron chi connectivity index (χ0n) is 41.4. The number of rotatable bonds is 11. The Bertz CT molecular complexity index is 1930. The summed E-state index contributed by atoms with van der Waals surface area (Å²) in [6.07, 6.45) is 0.750. The van der Waals surface area contributed by atoms with Crippen molar-refractivity contribution in [3.05, 3.63) is 143 Å². The Hall–Kier alpha value is -3.55. The van der Waals surface area contributed by atoms with Gasteiger partial charge in [0.15, 0.2) is 0 Å². The van der Waals surface area contributed by atoms with Gasteiger partial charge in [0.25, 0.3) is 0 Å². The van der Waals surface area contributed by atoms with E-state index >= 15 is 0 Å². The third kappa shape index (κ3) is 14.5. The first kappa shape index (κ1) is 53.6. The van der Waals surface area contributed by atoms with Crippen LogP contribution in [0.2, 0.25) is 0 Å². The number of hydrogen-bond acceptors (Lipinski definition) is 2. The van der Waals surface area contributed by atoms with Crippen LogP contribution in [0.25, 0.3) is 22.3 Å². The second-order valence-corrected chi connectivity index (χ2v) is 19.7. The molecule has 1 heterocycles. The average Bonchev–Trinajstić information content (AvgIpc) is 3.58. The Morgan fingerprint density at radius 3 is 0.967 bits per heavy atom. The van der Waals surface area contributed by atoms with Crippen molar-refractivity contribution >= 4 is 5.69 Å². The first-order valence-corrected chi connectivity index (χ1v) is 24.1. The second kappa shape index (κ2) is 24.9. The van der Waals surface area contributed by atoms with Gasteiger partial charge in [0.2, 0.25) is 0 Å². The van der Waals surface area contributed by atoms with Gasteiger partial charge in [0.1, 0.15) is 5.75 Å². The van der Waals surface area contributed by atoms with E-state index in [4.69, 9.17) is 0 Å². The molecule has 1 N–H and O–H groups in total. The van der Waals surface area contributed by atoms with Gasteiger partial charge < -0.3 is 30.4 Å². The van der Waals surface area contributed by atoms with Gasteiger partial charge in [-0.15, -0.1) is 0 Å². The van der Waals surface area contributed by atoms with Gasteiger partial charge in [-0.1, -0.05) is 152 Å². The van der Waals surface area contributed by atoms with Crippen LogP contribution >= 0.6 is 0 Å². The molecule has 334 valence electrons. The van der Waals surface area contributed by atoms with E-state index < -0.39 is 0 Å². The monoisotopic (exact) mass is 994 g/mol. The maximum Gasteiger partial charge on any atom is -0.0607 e. The summed E-state index contributed by atoms with van der Waals surface area (Å²) in [7, 11) is 0. The third-order valence-electron chi connectivity index (χ3n) is 11.2. The molecule has 5 aromatic rings. The summed E-state index contributed by atoms with van der Waals surface area (Å²) in [5.74, 6) is 3.89. The van der Waals surface area contributed by atoms with Crippen molar-refractivity contribution in [1.29, 1.82) is 0 Å². The number of nitrogens with zero attached hydrogens (tertiary/aromatic N) is 2. The normalized spacial score (nSPS) is 11.3. The van der Waals surface area contributed by atoms with Crippen molar-refractivity contribution < 1.29 is 24.7 Å². The van der Waals surface area contributed by atoms with Crippen molar-refractivity contribution in [1.82, 2.24) is 4.98 Å². The number of hydrogen-bond donors (Lipinski definition) is 1. The summed E-state index contributed by atoms with van der Waals surface area (Å²) < 4.78 is 4.50. The van der Waals surface area contributed by atoms with Crippen LogP contribution in [0.5, 0.6) is 5.75 Å². The van der Waals surface area contributed by atoms with Crippen molar-refractivity contribution in [2.45, 2.75) is 178 Å². The second-order valence-electron chi connectivity index (χ2n) is 19.0. The summed E-state index contributed by atoms with van der Waals surface area (Å²) in [5.41, 5.74) is 18.6. The van der Waals surface area contributed by atoms with Crippen LogP contribution in [0, 0.1) is 27.7 Å². The summed E-state index contributed by atoms with van der Waals surface area (Å²) in [6, 6.07) is 26.4. The van der Waals surface area contributed by atoms with Gasteiger partial charge in [-0.05, 0) is 80.0 Å². The standard InChI is InChI=1S/C36H50O.C12H17N.C6H8N.C3H6.W/c1-20(2)26-16-30(22(5)6)34(31(17-26)23(7)8)28-14-13-15-29(36(28)37)35-32(24(9)10)18-27(21(3)4)19-33(35)25(11)12;1-8(2)10-6-5-7-11(9(3)4)12(10)13;1-5-3-4-6(2)7-5;1-3-2;/h13-25,37H,1-12H3;5-9H,1-4H3;3-4H,1-2H3;1-3H2;/q;;-1;-2;. The van der Waals surface area contributed by atoms with Crippen LogP contribution in [0.3, 0.4) is 0 Å². The number of aromatic hydroxyl groups is 1. The molecule has 0 amide bonds. The van der Waals surface area contributed by atoms with E-state index in [1.807, 2.05) is 26.0 Å². The van der Waals surface area contributed by atoms with E-state index in [-0.39, 0.29) is 0 Å². The van der Waals surface area contributed by atoms with Crippen LogP contribution in [-0.2, 0) is 19.6 Å². The van der Waals surface area contributed by atoms with Gasteiger partial charge in [0, 0.05) is 11.1 Å². The van der Waals surface area contributed by atoms with Crippen molar-refractivity contribution in [2.75, 3.05) is 0 Å². The number of benzene rings is 4. The average molecular weight is 994 g/mol. The molecule has 0 saturated heterocycles. The fourth-order valence-electron chi connectivity index (χ4n) is 7.69. The van der Waals surface area contributed by atoms with Gasteiger partial charge in [0.05, 0.1) is 0 Å². The van der Waals surface area contributed by atoms with Crippen LogP contribution in [0.1, 0.15) is 220 Å². The van der Waals surface area contributed by atoms with E-state index in [0.29, 0.717) is 53.1 Å². The van der Waals surface area contributed by atoms with Gasteiger partial charge in [-0.25, -0.2) is 0 Å². The van der Waals surface area contributed by atoms with E-state index in [1.54, 1.807) is 0 Å². The number of aromatic nitrogens is 1. The Labute approximate surface area is 385 Å². The molecule has 5 rings (SSSR count). The molecule has 0 aliphatic heterocycles. The summed E-state index contributed by atoms with van der Waals surface area (Å²) >= 11 is 1.29. The topological polar surface area (TPSA) is 46.7 Å². The maximum absolute atomic E-state index is 12.1. The summed E-state index contributed by atoms with van der Waals surface area (Å²) in [4.78, 5) is 4.11. The minimum Gasteiger partial charge on any atom is -0.665 e. The largest absolute Gasteiger partial charge is 0.665 e. The molecule has 4 aromatic carbocycles. The molecule has 61 heavy (non-hydrogen) atoms. The number of para-hydroxylation sites is 1. The Kier molecular flexibility index (Phi) is 21.9. The molecule has 4 heteroatoms. The van der Waals surface area contributed by atoms with Crippen molar-refractivity contribution in [2.24, 2.45) is 3.50 Å². The van der Waals surface area contributed by atoms with E-state index in [9.17, 15) is 5.11 Å². The van der Waals surface area contributed by atoms with Crippen molar-refractivity contribution in [3.8, 4) is 28.0 Å². The predicted octanol–water partition coefficient (Wildman–Crippen LogP) is 18.1. The molecule has 0 bridgehead atoms. The molecule has 0 atom stereocenters. The molecule has 0 radical (unpaired) electrons. The summed E-state index contributed by atoms with van der Waals surface area (Å²) in [5, 5.41) is 12.1. The van der Waals surface area contributed by atoms with Crippen LogP contribution in [0.4, 0.5) is 5.69 Å². The fourth-order valence-corrected chi connectivity index (χ4v) is 8.45. The molecule has 3 nitrogen and oxygen atoms in total. The smallest absolute Gasteiger partial charge is 0.0607 e. The first-order valence-electron chi connectivity index (χ1n) is 22.8. The molecule has 1 aromatic heterocycles. The Morgan fingerprint density at radius 2 is 0.754 bits per heavy atom. The van der Waals surface area contributed by atoms with E-state index in [2.05, 4.69) is 194 Å². The molecule has 0 aliphatic carbocycles. The van der Waals surface area contributed by atoms with Crippen molar-refractivity contribution in [3.63, 3.8) is 0 Å². The number of phenols is 1. The van der Waals surface area contributed by atoms with Crippen LogP contribution < -0.4 is 4.98 Å². The maximum atomic E-state index is 12.1. The zero-order chi connectivity index (χ0) is 46.5. The molecule has 0 saturated carbocycles. The molecule has 0 aliphatic rings. The minimum atomic E-state index is 0.358. The predicted molar refractivity (Wildman–Crippen MR) is 265 cm³/mol. The van der Waals surface area contributed by atoms with Gasteiger partial charge >= 0.3 is 97.7 Å². The van der Waals surface area contributed by atoms with E-state index in [1.165, 1.54) is 81.0 Å². The molecular weight excluding hydrogens is 912 g/mol. The molecule has 0 unspecified atom stereocenters. The Morgan fingerprint density at radius 1 is 0.475 bits per heavy atom. The minimum absolute atomic E-state index is 0.358. The Balaban J connectivity index is 0.000000431. The SMILES string of the molecule is CC(C)c1cc(C(C)C)c(-c2cccc(-c3c(C(C)C)cc(C(C)C)cc3C(C)C)c2O)c(C(C)C)c1.CC(C)c1cccc(C(C)C)c1[N]=[W].Cc1ccc(C)[n-]1.[CH2-]C[CH2-]. The molecule has 0 fully saturated rings. The van der Waals surface area contributed by atoms with Crippen LogP contribution in [0.15, 0.2) is 76.3 Å². The third-order valence-corrected chi connectivity index (χ3v) is 11.8. The number of phenolic OH excluding ortho intramolecular Hbond substituents is 1. The summed E-state index contributed by atoms with van der Waals surface area (Å²) in [6.45, 7) is 46.9. The molecule has 0 spiro atoms. The van der Waals surface area contributed by atoms with E-state index in [0.717, 1.165) is 28.9 Å². The first-order chi connectivity index (χ1) is 28.5. The van der Waals surface area contributed by atoms with Crippen LogP contribution in [-0.4, -0.2) is 5.11 Å². The van der Waals surface area contributed by atoms with Gasteiger partial charge in [-0.2, -0.15) is 11.4 Å².